The van der Waals surface area contributed by atoms with Crippen molar-refractivity contribution in [1.29, 1.82) is 0 Å². The van der Waals surface area contributed by atoms with Crippen LogP contribution in [0.25, 0.3) is 0 Å². The van der Waals surface area contributed by atoms with E-state index in [1.165, 1.54) is 16.9 Å². The normalized spacial score (nSPS) is 19.4. The SMILES string of the molecule is O=C(NCCCc1ccccc1)[C@@H]1CCCN1c1nnc(N2CCCC2=O)s1. The van der Waals surface area contributed by atoms with Gasteiger partial charge in [0, 0.05) is 26.1 Å². The monoisotopic (exact) mass is 399 g/mol. The Morgan fingerprint density at radius 1 is 1.14 bits per heavy atom. The lowest BCUT2D eigenvalue weighted by atomic mass is 10.1. The molecule has 0 radical (unpaired) electrons. The lowest BCUT2D eigenvalue weighted by Gasteiger charge is -2.22. The Morgan fingerprint density at radius 2 is 1.96 bits per heavy atom. The molecule has 28 heavy (non-hydrogen) atoms. The van der Waals surface area contributed by atoms with E-state index in [0.29, 0.717) is 24.6 Å². The van der Waals surface area contributed by atoms with E-state index in [2.05, 4.69) is 27.6 Å². The molecule has 7 nitrogen and oxygen atoms in total. The van der Waals surface area contributed by atoms with E-state index in [-0.39, 0.29) is 17.9 Å². The molecule has 2 fully saturated rings. The van der Waals surface area contributed by atoms with Gasteiger partial charge in [0.05, 0.1) is 0 Å². The van der Waals surface area contributed by atoms with Crippen molar-refractivity contribution in [1.82, 2.24) is 15.5 Å². The van der Waals surface area contributed by atoms with Gasteiger partial charge in [-0.3, -0.25) is 14.5 Å². The van der Waals surface area contributed by atoms with Crippen molar-refractivity contribution in [2.24, 2.45) is 0 Å². The van der Waals surface area contributed by atoms with Crippen LogP contribution in [0.5, 0.6) is 0 Å². The van der Waals surface area contributed by atoms with Crippen molar-refractivity contribution < 1.29 is 9.59 Å². The molecule has 3 heterocycles. The van der Waals surface area contributed by atoms with Gasteiger partial charge in [-0.2, -0.15) is 0 Å². The third-order valence-electron chi connectivity index (χ3n) is 5.29. The molecule has 4 rings (SSSR count). The summed E-state index contributed by atoms with van der Waals surface area (Å²) in [6, 6.07) is 10.1. The van der Waals surface area contributed by atoms with Crippen LogP contribution in [0.3, 0.4) is 0 Å². The van der Waals surface area contributed by atoms with Gasteiger partial charge in [0.25, 0.3) is 0 Å². The lowest BCUT2D eigenvalue weighted by Crippen LogP contribution is -2.43. The Hall–Kier alpha value is -2.48. The highest BCUT2D eigenvalue weighted by Gasteiger charge is 2.34. The minimum Gasteiger partial charge on any atom is -0.354 e. The van der Waals surface area contributed by atoms with Gasteiger partial charge in [-0.1, -0.05) is 41.7 Å². The summed E-state index contributed by atoms with van der Waals surface area (Å²) in [5, 5.41) is 12.9. The highest BCUT2D eigenvalue weighted by molar-refractivity contribution is 7.19. The van der Waals surface area contributed by atoms with Gasteiger partial charge in [0.1, 0.15) is 6.04 Å². The van der Waals surface area contributed by atoms with Crippen molar-refractivity contribution in [2.75, 3.05) is 29.4 Å². The zero-order chi connectivity index (χ0) is 19.3. The van der Waals surface area contributed by atoms with E-state index in [4.69, 9.17) is 0 Å². The number of aryl methyl sites for hydroxylation is 1. The molecule has 0 aliphatic carbocycles. The van der Waals surface area contributed by atoms with Gasteiger partial charge < -0.3 is 10.2 Å². The number of anilines is 2. The quantitative estimate of drug-likeness (QED) is 0.724. The maximum Gasteiger partial charge on any atom is 0.242 e. The number of carbonyl (C=O) groups is 2. The molecule has 2 aliphatic heterocycles. The van der Waals surface area contributed by atoms with E-state index in [0.717, 1.165) is 43.8 Å². The standard InChI is InChI=1S/C20H25N5O2S/c26-17-11-6-14-25(17)20-23-22-19(28-20)24-13-5-10-16(24)18(27)21-12-4-9-15-7-2-1-3-8-15/h1-3,7-8,16H,4-6,9-14H2,(H,21,27)/t16-/m0/s1. The first-order valence-electron chi connectivity index (χ1n) is 9.94. The van der Waals surface area contributed by atoms with Gasteiger partial charge >= 0.3 is 0 Å². The van der Waals surface area contributed by atoms with E-state index in [9.17, 15) is 9.59 Å². The van der Waals surface area contributed by atoms with Gasteiger partial charge in [-0.05, 0) is 37.7 Å². The Balaban J connectivity index is 1.31. The number of amides is 2. The summed E-state index contributed by atoms with van der Waals surface area (Å²) in [6.45, 7) is 2.17. The predicted octanol–water partition coefficient (Wildman–Crippen LogP) is 2.38. The summed E-state index contributed by atoms with van der Waals surface area (Å²) in [6.07, 6.45) is 5.10. The number of hydrogen-bond donors (Lipinski definition) is 1. The van der Waals surface area contributed by atoms with Crippen molar-refractivity contribution >= 4 is 33.4 Å². The number of rotatable bonds is 7. The predicted molar refractivity (Wildman–Crippen MR) is 110 cm³/mol. The molecule has 0 unspecified atom stereocenters. The van der Waals surface area contributed by atoms with Crippen LogP contribution in [0.4, 0.5) is 10.3 Å². The van der Waals surface area contributed by atoms with E-state index < -0.39 is 0 Å². The fourth-order valence-electron chi connectivity index (χ4n) is 3.82. The molecule has 2 amide bonds. The third kappa shape index (κ3) is 4.16. The maximum absolute atomic E-state index is 12.7. The molecule has 0 spiro atoms. The van der Waals surface area contributed by atoms with E-state index in [1.807, 2.05) is 23.1 Å². The van der Waals surface area contributed by atoms with Gasteiger partial charge in [-0.25, -0.2) is 0 Å². The van der Waals surface area contributed by atoms with Gasteiger partial charge in [-0.15, -0.1) is 10.2 Å². The first-order valence-corrected chi connectivity index (χ1v) is 10.8. The smallest absolute Gasteiger partial charge is 0.242 e. The van der Waals surface area contributed by atoms with Crippen molar-refractivity contribution in [3.05, 3.63) is 35.9 Å². The van der Waals surface area contributed by atoms with Gasteiger partial charge in [0.15, 0.2) is 0 Å². The fraction of sp³-hybridized carbons (Fsp3) is 0.500. The number of aromatic nitrogens is 2. The van der Waals surface area contributed by atoms with Crippen LogP contribution in [0, 0.1) is 0 Å². The molecule has 1 aromatic heterocycles. The highest BCUT2D eigenvalue weighted by atomic mass is 32.1. The molecular formula is C20H25N5O2S. The summed E-state index contributed by atoms with van der Waals surface area (Å²) >= 11 is 1.41. The first kappa shape index (κ1) is 18.9. The fourth-order valence-corrected chi connectivity index (χ4v) is 4.78. The van der Waals surface area contributed by atoms with Crippen molar-refractivity contribution in [3.63, 3.8) is 0 Å². The molecule has 1 aromatic carbocycles. The summed E-state index contributed by atoms with van der Waals surface area (Å²) < 4.78 is 0. The summed E-state index contributed by atoms with van der Waals surface area (Å²) in [4.78, 5) is 28.3. The number of nitrogens with zero attached hydrogens (tertiary/aromatic N) is 4. The minimum atomic E-state index is -0.202. The van der Waals surface area contributed by atoms with E-state index in [1.54, 1.807) is 4.90 Å². The second-order valence-corrected chi connectivity index (χ2v) is 8.18. The molecule has 2 aromatic rings. The highest BCUT2D eigenvalue weighted by Crippen LogP contribution is 2.33. The molecule has 1 atom stereocenters. The third-order valence-corrected chi connectivity index (χ3v) is 6.28. The number of hydrogen-bond acceptors (Lipinski definition) is 6. The van der Waals surface area contributed by atoms with Crippen LogP contribution in [-0.4, -0.2) is 47.7 Å². The van der Waals surface area contributed by atoms with Crippen LogP contribution in [-0.2, 0) is 16.0 Å². The average Bonchev–Trinajstić information content (AvgIpc) is 3.45. The molecule has 2 aliphatic rings. The van der Waals surface area contributed by atoms with Crippen molar-refractivity contribution in [3.8, 4) is 0 Å². The molecule has 0 saturated carbocycles. The molecular weight excluding hydrogens is 374 g/mol. The molecule has 0 bridgehead atoms. The molecule has 1 N–H and O–H groups in total. The van der Waals surface area contributed by atoms with Crippen molar-refractivity contribution in [2.45, 2.75) is 44.6 Å². The average molecular weight is 400 g/mol. The molecule has 8 heteroatoms. The molecule has 148 valence electrons. The molecule has 2 saturated heterocycles. The Morgan fingerprint density at radius 3 is 2.75 bits per heavy atom. The van der Waals surface area contributed by atoms with Crippen LogP contribution in [0.15, 0.2) is 30.3 Å². The Kier molecular flexibility index (Phi) is 5.85. The zero-order valence-corrected chi connectivity index (χ0v) is 16.7. The van der Waals surface area contributed by atoms with Crippen LogP contribution >= 0.6 is 11.3 Å². The Bertz CT molecular complexity index is 825. The largest absolute Gasteiger partial charge is 0.354 e. The summed E-state index contributed by atoms with van der Waals surface area (Å²) in [5.74, 6) is 0.163. The maximum atomic E-state index is 12.7. The minimum absolute atomic E-state index is 0.0551. The topological polar surface area (TPSA) is 78.4 Å². The zero-order valence-electron chi connectivity index (χ0n) is 15.8. The lowest BCUT2D eigenvalue weighted by molar-refractivity contribution is -0.122. The Labute approximate surface area is 168 Å². The summed E-state index contributed by atoms with van der Waals surface area (Å²) in [7, 11) is 0. The number of nitrogens with one attached hydrogen (secondary N) is 1. The number of carbonyl (C=O) groups excluding carboxylic acids is 2. The van der Waals surface area contributed by atoms with Crippen LogP contribution in [0.1, 0.15) is 37.7 Å². The first-order chi connectivity index (χ1) is 13.7. The van der Waals surface area contributed by atoms with Crippen LogP contribution < -0.4 is 15.1 Å². The van der Waals surface area contributed by atoms with Gasteiger partial charge in [0.2, 0.25) is 22.1 Å². The van der Waals surface area contributed by atoms with E-state index >= 15 is 0 Å². The number of benzene rings is 1. The van der Waals surface area contributed by atoms with Crippen LogP contribution in [0.2, 0.25) is 0 Å². The second kappa shape index (κ2) is 8.68. The second-order valence-electron chi connectivity index (χ2n) is 7.25. The summed E-state index contributed by atoms with van der Waals surface area (Å²) in [5.41, 5.74) is 1.29.